The first-order chi connectivity index (χ1) is 15.1. The molecule has 0 unspecified atom stereocenters. The SMILES string of the molecule is CCOc1cc(CNCCOc2ccccn2)cc(Br)c1OCc1ccc(Cl)cc1Cl. The zero-order chi connectivity index (χ0) is 22.1. The van der Waals surface area contributed by atoms with E-state index in [-0.39, 0.29) is 0 Å². The average Bonchev–Trinajstić information content (AvgIpc) is 2.75. The smallest absolute Gasteiger partial charge is 0.213 e. The Labute approximate surface area is 200 Å². The lowest BCUT2D eigenvalue weighted by atomic mass is 10.2. The highest BCUT2D eigenvalue weighted by molar-refractivity contribution is 9.10. The molecule has 0 aliphatic rings. The Morgan fingerprint density at radius 1 is 1.03 bits per heavy atom. The molecule has 31 heavy (non-hydrogen) atoms. The lowest BCUT2D eigenvalue weighted by Crippen LogP contribution is -2.20. The molecule has 164 valence electrons. The summed E-state index contributed by atoms with van der Waals surface area (Å²) in [6, 6.07) is 14.9. The van der Waals surface area contributed by atoms with Gasteiger partial charge in [-0.25, -0.2) is 4.98 Å². The van der Waals surface area contributed by atoms with E-state index in [9.17, 15) is 0 Å². The number of rotatable bonds is 11. The van der Waals surface area contributed by atoms with Gasteiger partial charge in [0.1, 0.15) is 13.2 Å². The van der Waals surface area contributed by atoms with E-state index in [1.54, 1.807) is 18.3 Å². The van der Waals surface area contributed by atoms with Gasteiger partial charge in [-0.3, -0.25) is 0 Å². The molecule has 0 bridgehead atoms. The van der Waals surface area contributed by atoms with Crippen molar-refractivity contribution in [3.05, 3.63) is 80.4 Å². The topological polar surface area (TPSA) is 52.6 Å². The molecule has 2 aromatic carbocycles. The van der Waals surface area contributed by atoms with Gasteiger partial charge in [-0.15, -0.1) is 0 Å². The summed E-state index contributed by atoms with van der Waals surface area (Å²) in [6.45, 7) is 4.64. The van der Waals surface area contributed by atoms with Crippen molar-refractivity contribution < 1.29 is 14.2 Å². The molecule has 0 amide bonds. The van der Waals surface area contributed by atoms with Crippen LogP contribution >= 0.6 is 39.1 Å². The molecule has 0 aliphatic heterocycles. The Hall–Kier alpha value is -1.99. The van der Waals surface area contributed by atoms with Gasteiger partial charge in [0.05, 0.1) is 11.1 Å². The molecule has 0 saturated carbocycles. The van der Waals surface area contributed by atoms with Crippen LogP contribution in [0.4, 0.5) is 0 Å². The second kappa shape index (κ2) is 12.2. The molecule has 0 aliphatic carbocycles. The van der Waals surface area contributed by atoms with E-state index in [0.717, 1.165) is 15.6 Å². The number of benzene rings is 2. The third-order valence-corrected chi connectivity index (χ3v) is 5.43. The predicted octanol–water partition coefficient (Wildman–Crippen LogP) is 6.30. The number of hydrogen-bond donors (Lipinski definition) is 1. The van der Waals surface area contributed by atoms with Crippen LogP contribution in [-0.4, -0.2) is 24.7 Å². The van der Waals surface area contributed by atoms with Crippen LogP contribution in [0.1, 0.15) is 18.1 Å². The van der Waals surface area contributed by atoms with Crippen LogP contribution in [0.15, 0.2) is 59.2 Å². The van der Waals surface area contributed by atoms with Gasteiger partial charge in [-0.05, 0) is 58.7 Å². The van der Waals surface area contributed by atoms with Crippen LogP contribution in [0.3, 0.4) is 0 Å². The van der Waals surface area contributed by atoms with E-state index in [1.807, 2.05) is 43.3 Å². The number of pyridine rings is 1. The average molecular weight is 526 g/mol. The van der Waals surface area contributed by atoms with Crippen molar-refractivity contribution >= 4 is 39.1 Å². The number of nitrogens with one attached hydrogen (secondary N) is 1. The Bertz CT molecular complexity index is 990. The third kappa shape index (κ3) is 7.28. The summed E-state index contributed by atoms with van der Waals surface area (Å²) in [7, 11) is 0. The summed E-state index contributed by atoms with van der Waals surface area (Å²) in [6.07, 6.45) is 1.71. The quantitative estimate of drug-likeness (QED) is 0.298. The maximum absolute atomic E-state index is 6.25. The molecule has 0 radical (unpaired) electrons. The standard InChI is InChI=1S/C23H23BrCl2N2O3/c1-2-29-21-12-16(14-27-9-10-30-22-5-3-4-8-28-22)11-19(24)23(21)31-15-17-6-7-18(25)13-20(17)26/h3-8,11-13,27H,2,9-10,14-15H2,1H3. The Morgan fingerprint density at radius 2 is 1.90 bits per heavy atom. The van der Waals surface area contributed by atoms with Crippen LogP contribution in [0.2, 0.25) is 10.0 Å². The van der Waals surface area contributed by atoms with Crippen molar-refractivity contribution in [3.63, 3.8) is 0 Å². The number of hydrogen-bond acceptors (Lipinski definition) is 5. The highest BCUT2D eigenvalue weighted by Crippen LogP contribution is 2.38. The molecular weight excluding hydrogens is 503 g/mol. The van der Waals surface area contributed by atoms with Gasteiger partial charge < -0.3 is 19.5 Å². The largest absolute Gasteiger partial charge is 0.490 e. The van der Waals surface area contributed by atoms with Crippen molar-refractivity contribution in [2.24, 2.45) is 0 Å². The van der Waals surface area contributed by atoms with Crippen molar-refractivity contribution in [1.82, 2.24) is 10.3 Å². The van der Waals surface area contributed by atoms with Crippen molar-refractivity contribution in [2.75, 3.05) is 19.8 Å². The minimum Gasteiger partial charge on any atom is -0.490 e. The van der Waals surface area contributed by atoms with E-state index >= 15 is 0 Å². The molecule has 0 fully saturated rings. The van der Waals surface area contributed by atoms with Crippen LogP contribution in [0, 0.1) is 0 Å². The molecule has 8 heteroatoms. The lowest BCUT2D eigenvalue weighted by Gasteiger charge is -2.16. The lowest BCUT2D eigenvalue weighted by molar-refractivity contribution is 0.267. The van der Waals surface area contributed by atoms with Gasteiger partial charge in [-0.2, -0.15) is 0 Å². The number of halogens is 3. The van der Waals surface area contributed by atoms with Crippen molar-refractivity contribution in [1.29, 1.82) is 0 Å². The fourth-order valence-corrected chi connectivity index (χ4v) is 3.88. The highest BCUT2D eigenvalue weighted by Gasteiger charge is 2.13. The first kappa shape index (κ1) is 23.7. The predicted molar refractivity (Wildman–Crippen MR) is 128 cm³/mol. The molecule has 0 atom stereocenters. The van der Waals surface area contributed by atoms with Gasteiger partial charge in [0.15, 0.2) is 11.5 Å². The van der Waals surface area contributed by atoms with Gasteiger partial charge >= 0.3 is 0 Å². The zero-order valence-electron chi connectivity index (χ0n) is 17.0. The summed E-state index contributed by atoms with van der Waals surface area (Å²) in [5, 5.41) is 4.51. The first-order valence-electron chi connectivity index (χ1n) is 9.83. The Kier molecular flexibility index (Phi) is 9.28. The molecule has 3 aromatic rings. The van der Waals surface area contributed by atoms with Gasteiger partial charge in [-0.1, -0.05) is 35.3 Å². The molecule has 0 spiro atoms. The number of nitrogens with zero attached hydrogens (tertiary/aromatic N) is 1. The number of ether oxygens (including phenoxy) is 3. The fourth-order valence-electron chi connectivity index (χ4n) is 2.81. The zero-order valence-corrected chi connectivity index (χ0v) is 20.1. The maximum atomic E-state index is 6.25. The van der Waals surface area contributed by atoms with Crippen LogP contribution in [0.25, 0.3) is 0 Å². The van der Waals surface area contributed by atoms with E-state index in [1.165, 1.54) is 0 Å². The minimum atomic E-state index is 0.303. The second-order valence-electron chi connectivity index (χ2n) is 6.56. The first-order valence-corrected chi connectivity index (χ1v) is 11.4. The molecule has 1 aromatic heterocycles. The summed E-state index contributed by atoms with van der Waals surface area (Å²) in [5.41, 5.74) is 1.91. The molecule has 5 nitrogen and oxygen atoms in total. The number of aromatic nitrogens is 1. The van der Waals surface area contributed by atoms with E-state index in [0.29, 0.717) is 60.3 Å². The van der Waals surface area contributed by atoms with Crippen molar-refractivity contribution in [2.45, 2.75) is 20.1 Å². The molecular formula is C23H23BrCl2N2O3. The van der Waals surface area contributed by atoms with E-state index < -0.39 is 0 Å². The Balaban J connectivity index is 1.58. The summed E-state index contributed by atoms with van der Waals surface area (Å²) in [5.74, 6) is 1.92. The molecule has 0 saturated heterocycles. The van der Waals surface area contributed by atoms with Crippen LogP contribution in [-0.2, 0) is 13.2 Å². The minimum absolute atomic E-state index is 0.303. The van der Waals surface area contributed by atoms with Gasteiger partial charge in [0.25, 0.3) is 0 Å². The monoisotopic (exact) mass is 524 g/mol. The summed E-state index contributed by atoms with van der Waals surface area (Å²) < 4.78 is 18.2. The van der Waals surface area contributed by atoms with Gasteiger partial charge in [0, 0.05) is 41.0 Å². The highest BCUT2D eigenvalue weighted by atomic mass is 79.9. The Morgan fingerprint density at radius 3 is 2.65 bits per heavy atom. The van der Waals surface area contributed by atoms with E-state index in [2.05, 4.69) is 26.2 Å². The molecule has 1 heterocycles. The fraction of sp³-hybridized carbons (Fsp3) is 0.261. The second-order valence-corrected chi connectivity index (χ2v) is 8.25. The summed E-state index contributed by atoms with van der Waals surface area (Å²) >= 11 is 15.8. The normalized spacial score (nSPS) is 10.7. The van der Waals surface area contributed by atoms with Crippen molar-refractivity contribution in [3.8, 4) is 17.4 Å². The third-order valence-electron chi connectivity index (χ3n) is 4.25. The summed E-state index contributed by atoms with van der Waals surface area (Å²) in [4.78, 5) is 4.14. The van der Waals surface area contributed by atoms with Crippen LogP contribution in [0.5, 0.6) is 17.4 Å². The molecule has 1 N–H and O–H groups in total. The molecule has 3 rings (SSSR count). The maximum Gasteiger partial charge on any atom is 0.213 e. The van der Waals surface area contributed by atoms with E-state index in [4.69, 9.17) is 37.4 Å². The van der Waals surface area contributed by atoms with Gasteiger partial charge in [0.2, 0.25) is 5.88 Å². The van der Waals surface area contributed by atoms with Crippen LogP contribution < -0.4 is 19.5 Å².